The molecule has 3 aromatic rings. The molecule has 0 spiro atoms. The zero-order valence-corrected chi connectivity index (χ0v) is 19.1. The first kappa shape index (κ1) is 21.3. The topological polar surface area (TPSA) is 63.7 Å². The number of esters is 1. The third-order valence-corrected chi connectivity index (χ3v) is 7.38. The van der Waals surface area contributed by atoms with Crippen LogP contribution in [0.3, 0.4) is 0 Å². The molecule has 1 aliphatic heterocycles. The second-order valence-corrected chi connectivity index (χ2v) is 9.07. The Labute approximate surface area is 203 Å². The summed E-state index contributed by atoms with van der Waals surface area (Å²) in [6.45, 7) is 0. The van der Waals surface area contributed by atoms with Crippen molar-refractivity contribution in [1.82, 2.24) is 0 Å². The molecule has 0 N–H and O–H groups in total. The van der Waals surface area contributed by atoms with Crippen LogP contribution in [-0.4, -0.2) is 24.9 Å². The van der Waals surface area contributed by atoms with Gasteiger partial charge in [0, 0.05) is 11.8 Å². The molecule has 5 heteroatoms. The highest BCUT2D eigenvalue weighted by Gasteiger charge is 2.62. The average molecular weight is 462 g/mol. The summed E-state index contributed by atoms with van der Waals surface area (Å²) in [6.07, 6.45) is 4.15. The second-order valence-electron chi connectivity index (χ2n) is 9.07. The fourth-order valence-electron chi connectivity index (χ4n) is 5.99. The summed E-state index contributed by atoms with van der Waals surface area (Å²) >= 11 is 0. The van der Waals surface area contributed by atoms with Gasteiger partial charge in [-0.1, -0.05) is 84.9 Å². The summed E-state index contributed by atoms with van der Waals surface area (Å²) in [6, 6.07) is 26.9. The lowest BCUT2D eigenvalue weighted by molar-refractivity contribution is -0.122. The molecule has 0 radical (unpaired) electrons. The first-order valence-corrected chi connectivity index (χ1v) is 11.7. The van der Waals surface area contributed by atoms with Crippen LogP contribution in [0.25, 0.3) is 5.57 Å². The molecule has 0 aromatic heterocycles. The van der Waals surface area contributed by atoms with Gasteiger partial charge in [-0.25, -0.2) is 9.69 Å². The van der Waals surface area contributed by atoms with Crippen molar-refractivity contribution >= 4 is 29.0 Å². The molecule has 35 heavy (non-hydrogen) atoms. The number of carbonyl (C=O) groups excluding carboxylic acids is 3. The summed E-state index contributed by atoms with van der Waals surface area (Å²) < 4.78 is 4.89. The van der Waals surface area contributed by atoms with Gasteiger partial charge in [-0.3, -0.25) is 9.59 Å². The minimum atomic E-state index is -0.574. The van der Waals surface area contributed by atoms with E-state index in [2.05, 4.69) is 36.4 Å². The molecule has 4 atom stereocenters. The molecule has 6 rings (SSSR count). The number of imide groups is 1. The van der Waals surface area contributed by atoms with Crippen molar-refractivity contribution in [3.8, 4) is 0 Å². The normalized spacial score (nSPS) is 24.1. The van der Waals surface area contributed by atoms with Crippen molar-refractivity contribution in [3.63, 3.8) is 0 Å². The van der Waals surface area contributed by atoms with Gasteiger partial charge in [0.25, 0.3) is 0 Å². The van der Waals surface area contributed by atoms with Crippen molar-refractivity contribution in [1.29, 1.82) is 0 Å². The molecule has 1 heterocycles. The minimum absolute atomic E-state index is 0.174. The van der Waals surface area contributed by atoms with E-state index in [1.54, 1.807) is 24.3 Å². The van der Waals surface area contributed by atoms with E-state index in [4.69, 9.17) is 4.74 Å². The molecule has 2 fully saturated rings. The Kier molecular flexibility index (Phi) is 4.99. The van der Waals surface area contributed by atoms with Gasteiger partial charge in [0.05, 0.1) is 30.2 Å². The van der Waals surface area contributed by atoms with Crippen LogP contribution in [0.15, 0.2) is 103 Å². The first-order valence-electron chi connectivity index (χ1n) is 11.7. The molecule has 1 saturated carbocycles. The van der Waals surface area contributed by atoms with Gasteiger partial charge in [-0.15, -0.1) is 0 Å². The molecular weight excluding hydrogens is 438 g/mol. The van der Waals surface area contributed by atoms with E-state index in [-0.39, 0.29) is 29.2 Å². The monoisotopic (exact) mass is 461 g/mol. The largest absolute Gasteiger partial charge is 0.465 e. The second kappa shape index (κ2) is 8.20. The van der Waals surface area contributed by atoms with Gasteiger partial charge >= 0.3 is 5.97 Å². The van der Waals surface area contributed by atoms with Crippen LogP contribution < -0.4 is 4.90 Å². The number of carbonyl (C=O) groups is 3. The van der Waals surface area contributed by atoms with Gasteiger partial charge in [-0.05, 0) is 34.4 Å². The van der Waals surface area contributed by atoms with Crippen molar-refractivity contribution in [3.05, 3.63) is 119 Å². The number of para-hydroxylation sites is 1. The summed E-state index contributed by atoms with van der Waals surface area (Å²) in [5.41, 5.74) is 4.85. The van der Waals surface area contributed by atoms with Crippen LogP contribution >= 0.6 is 0 Å². The molecule has 1 saturated heterocycles. The number of allylic oxidation sites excluding steroid dienone is 3. The lowest BCUT2D eigenvalue weighted by Crippen LogP contribution is -2.34. The van der Waals surface area contributed by atoms with Gasteiger partial charge < -0.3 is 4.74 Å². The van der Waals surface area contributed by atoms with Gasteiger partial charge in [0.15, 0.2) is 0 Å². The number of nitrogens with zero attached hydrogens (tertiary/aromatic N) is 1. The van der Waals surface area contributed by atoms with Crippen molar-refractivity contribution in [2.75, 3.05) is 12.0 Å². The highest BCUT2D eigenvalue weighted by atomic mass is 16.5. The minimum Gasteiger partial charge on any atom is -0.465 e. The molecular formula is C30H23NO4. The summed E-state index contributed by atoms with van der Waals surface area (Å²) in [4.78, 5) is 41.1. The average Bonchev–Trinajstić information content (AvgIpc) is 3.54. The zero-order valence-electron chi connectivity index (χ0n) is 19.1. The SMILES string of the molecule is COC(=O)c1ccccc1N1C(=O)[C@@H]2[C@H](C1=O)[C@@H]1C=C[C@H]2C1=C(c1ccccc1)c1ccccc1. The molecule has 172 valence electrons. The lowest BCUT2D eigenvalue weighted by Gasteiger charge is -2.22. The van der Waals surface area contributed by atoms with Crippen molar-refractivity contribution < 1.29 is 19.1 Å². The maximum absolute atomic E-state index is 13.8. The van der Waals surface area contributed by atoms with Crippen LogP contribution in [0, 0.1) is 23.7 Å². The van der Waals surface area contributed by atoms with E-state index >= 15 is 0 Å². The zero-order chi connectivity index (χ0) is 24.1. The number of ether oxygens (including phenoxy) is 1. The predicted molar refractivity (Wildman–Crippen MR) is 132 cm³/mol. The van der Waals surface area contributed by atoms with Crippen molar-refractivity contribution in [2.24, 2.45) is 23.7 Å². The van der Waals surface area contributed by atoms with E-state index in [1.165, 1.54) is 12.0 Å². The Morgan fingerprint density at radius 3 is 1.71 bits per heavy atom. The maximum Gasteiger partial charge on any atom is 0.339 e. The number of hydrogen-bond donors (Lipinski definition) is 0. The summed E-state index contributed by atoms with van der Waals surface area (Å²) in [5, 5.41) is 0. The fourth-order valence-corrected chi connectivity index (χ4v) is 5.99. The van der Waals surface area contributed by atoms with Crippen LogP contribution in [-0.2, 0) is 14.3 Å². The first-order chi connectivity index (χ1) is 17.1. The smallest absolute Gasteiger partial charge is 0.339 e. The Hall–Kier alpha value is -4.25. The van der Waals surface area contributed by atoms with Crippen LogP contribution in [0.1, 0.15) is 21.5 Å². The van der Waals surface area contributed by atoms with E-state index in [0.717, 1.165) is 22.3 Å². The van der Waals surface area contributed by atoms with Gasteiger partial charge in [0.2, 0.25) is 11.8 Å². The van der Waals surface area contributed by atoms with Crippen LogP contribution in [0.5, 0.6) is 0 Å². The van der Waals surface area contributed by atoms with E-state index in [1.807, 2.05) is 36.4 Å². The Balaban J connectivity index is 1.48. The maximum atomic E-state index is 13.8. The predicted octanol–water partition coefficient (Wildman–Crippen LogP) is 4.90. The molecule has 2 amide bonds. The summed E-state index contributed by atoms with van der Waals surface area (Å²) in [7, 11) is 1.29. The third kappa shape index (κ3) is 3.12. The van der Waals surface area contributed by atoms with Crippen LogP contribution in [0.4, 0.5) is 5.69 Å². The number of anilines is 1. The van der Waals surface area contributed by atoms with Crippen molar-refractivity contribution in [2.45, 2.75) is 0 Å². The standard InChI is InChI=1S/C30H23NO4/c1-35-30(34)20-14-8-9-15-23(20)31-28(32)26-21-16-17-22(27(26)29(31)33)25(21)24(18-10-4-2-5-11-18)19-12-6-3-7-13-19/h2-17,21-22,26-27H,1H3/t21-,22+,26-,27+. The number of hydrogen-bond acceptors (Lipinski definition) is 4. The highest BCUT2D eigenvalue weighted by molar-refractivity contribution is 6.25. The number of fused-ring (bicyclic) bond motifs is 5. The van der Waals surface area contributed by atoms with Crippen LogP contribution in [0.2, 0.25) is 0 Å². The molecule has 3 aliphatic rings. The van der Waals surface area contributed by atoms with Gasteiger partial charge in [0.1, 0.15) is 0 Å². The molecule has 2 aliphatic carbocycles. The number of benzene rings is 3. The number of methoxy groups -OCH3 is 1. The fraction of sp³-hybridized carbons (Fsp3) is 0.167. The Morgan fingerprint density at radius 2 is 1.20 bits per heavy atom. The molecule has 3 aromatic carbocycles. The molecule has 5 nitrogen and oxygen atoms in total. The van der Waals surface area contributed by atoms with E-state index in [9.17, 15) is 14.4 Å². The summed E-state index contributed by atoms with van der Waals surface area (Å²) in [5.74, 6) is -2.41. The molecule has 0 unspecified atom stereocenters. The number of rotatable bonds is 4. The number of amides is 2. The quantitative estimate of drug-likeness (QED) is 0.315. The Bertz CT molecular complexity index is 1330. The van der Waals surface area contributed by atoms with Gasteiger partial charge in [-0.2, -0.15) is 0 Å². The lowest BCUT2D eigenvalue weighted by atomic mass is 9.85. The Morgan fingerprint density at radius 1 is 0.714 bits per heavy atom. The molecule has 2 bridgehead atoms. The third-order valence-electron chi connectivity index (χ3n) is 7.38. The van der Waals surface area contributed by atoms with E-state index < -0.39 is 17.8 Å². The highest BCUT2D eigenvalue weighted by Crippen LogP contribution is 2.59. The van der Waals surface area contributed by atoms with E-state index in [0.29, 0.717) is 5.69 Å².